The minimum Gasteiger partial charge on any atom is -0.495 e. The van der Waals surface area contributed by atoms with Crippen molar-refractivity contribution in [3.8, 4) is 17.6 Å². The van der Waals surface area contributed by atoms with Crippen molar-refractivity contribution in [2.45, 2.75) is 25.1 Å². The smallest absolute Gasteiger partial charge is 0.495 e. The van der Waals surface area contributed by atoms with Gasteiger partial charge in [0, 0.05) is 5.56 Å². The molecule has 2 rings (SSSR count). The van der Waals surface area contributed by atoms with Gasteiger partial charge in [-0.15, -0.1) is 8.78 Å². The van der Waals surface area contributed by atoms with Gasteiger partial charge in [-0.05, 0) is 30.9 Å². The largest absolute Gasteiger partial charge is 0.532 e. The normalized spacial score (nSPS) is 15.1. The highest BCUT2D eigenvalue weighted by atomic mass is 19.3. The summed E-state index contributed by atoms with van der Waals surface area (Å²) in [6.45, 7) is 0. The molecule has 0 unspecified atom stereocenters. The molecular weight excluding hydrogens is 244 g/mol. The maximum atomic E-state index is 12.5. The van der Waals surface area contributed by atoms with Crippen LogP contribution >= 0.6 is 0 Å². The third-order valence-corrected chi connectivity index (χ3v) is 2.70. The van der Waals surface area contributed by atoms with Gasteiger partial charge in [-0.2, -0.15) is 5.26 Å². The molecule has 0 aliphatic heterocycles. The van der Waals surface area contributed by atoms with Crippen LogP contribution in [0.2, 0.25) is 0 Å². The van der Waals surface area contributed by atoms with E-state index in [4.69, 9.17) is 15.1 Å². The zero-order valence-electron chi connectivity index (χ0n) is 9.61. The van der Waals surface area contributed by atoms with Crippen LogP contribution in [-0.4, -0.2) is 18.5 Å². The molecule has 1 fully saturated rings. The van der Waals surface area contributed by atoms with Gasteiger partial charge >= 0.3 is 6.29 Å². The fourth-order valence-electron chi connectivity index (χ4n) is 1.87. The van der Waals surface area contributed by atoms with E-state index in [0.717, 1.165) is 12.8 Å². The highest BCUT2D eigenvalue weighted by molar-refractivity contribution is 5.57. The van der Waals surface area contributed by atoms with Gasteiger partial charge in [0.2, 0.25) is 0 Å². The van der Waals surface area contributed by atoms with Crippen molar-refractivity contribution in [3.05, 3.63) is 23.3 Å². The van der Waals surface area contributed by atoms with Gasteiger partial charge in [-0.25, -0.2) is 0 Å². The Hall–Kier alpha value is -1.87. The van der Waals surface area contributed by atoms with E-state index in [0.29, 0.717) is 5.56 Å². The van der Waals surface area contributed by atoms with Gasteiger partial charge in [0.1, 0.15) is 17.6 Å². The van der Waals surface area contributed by atoms with E-state index in [2.05, 4.69) is 4.74 Å². The number of rotatable bonds is 4. The first kappa shape index (κ1) is 12.6. The number of methoxy groups -OCH3 is 1. The minimum absolute atomic E-state index is 0.0330. The molecule has 1 aromatic carbocycles. The van der Waals surface area contributed by atoms with E-state index in [1.54, 1.807) is 0 Å². The molecule has 6 heteroatoms. The maximum Gasteiger partial charge on any atom is 0.532 e. The fourth-order valence-corrected chi connectivity index (χ4v) is 1.87. The molecule has 0 spiro atoms. The summed E-state index contributed by atoms with van der Waals surface area (Å²) in [5, 5.41) is 17.4. The lowest BCUT2D eigenvalue weighted by atomic mass is 10.0. The topological polar surface area (TPSA) is 62.5 Å². The van der Waals surface area contributed by atoms with Crippen LogP contribution in [0.15, 0.2) is 12.1 Å². The monoisotopic (exact) mass is 255 g/mol. The summed E-state index contributed by atoms with van der Waals surface area (Å²) in [5.74, 6) is 0.119. The quantitative estimate of drug-likeness (QED) is 0.839. The molecule has 1 aromatic rings. The summed E-state index contributed by atoms with van der Waals surface area (Å²) in [5.41, 5.74) is 0.679. The molecular formula is C12H11F2NO3. The molecule has 1 saturated carbocycles. The predicted molar refractivity (Wildman–Crippen MR) is 57.5 cm³/mol. The Kier molecular flexibility index (Phi) is 3.09. The van der Waals surface area contributed by atoms with Gasteiger partial charge < -0.3 is 14.6 Å². The van der Waals surface area contributed by atoms with Crippen molar-refractivity contribution >= 4 is 0 Å². The van der Waals surface area contributed by atoms with Crippen molar-refractivity contribution in [1.29, 1.82) is 5.26 Å². The van der Waals surface area contributed by atoms with Crippen LogP contribution in [0.3, 0.4) is 0 Å². The average molecular weight is 255 g/mol. The molecule has 1 aliphatic carbocycles. The number of halogens is 2. The number of alkyl halides is 2. The average Bonchev–Trinajstić information content (AvgIpc) is 3.10. The number of aliphatic hydroxyl groups is 1. The van der Waals surface area contributed by atoms with Crippen LogP contribution < -0.4 is 9.47 Å². The van der Waals surface area contributed by atoms with Crippen molar-refractivity contribution in [3.63, 3.8) is 0 Å². The van der Waals surface area contributed by atoms with Crippen molar-refractivity contribution in [2.24, 2.45) is 0 Å². The second-order valence-electron chi connectivity index (χ2n) is 4.03. The van der Waals surface area contributed by atoms with Gasteiger partial charge in [-0.1, -0.05) is 0 Å². The highest BCUT2D eigenvalue weighted by Gasteiger charge is 2.36. The molecule has 0 amide bonds. The Morgan fingerprint density at radius 3 is 2.56 bits per heavy atom. The lowest BCUT2D eigenvalue weighted by molar-refractivity contribution is -0.327. The molecule has 0 heterocycles. The lowest BCUT2D eigenvalue weighted by Crippen LogP contribution is -2.24. The van der Waals surface area contributed by atoms with Gasteiger partial charge in [0.05, 0.1) is 12.7 Å². The Morgan fingerprint density at radius 1 is 1.44 bits per heavy atom. The van der Waals surface area contributed by atoms with Crippen LogP contribution in [-0.2, 0) is 0 Å². The molecule has 0 atom stereocenters. The molecule has 4 nitrogen and oxygen atoms in total. The third-order valence-electron chi connectivity index (χ3n) is 2.70. The van der Waals surface area contributed by atoms with E-state index < -0.39 is 6.29 Å². The van der Waals surface area contributed by atoms with E-state index in [9.17, 15) is 8.78 Å². The summed E-state index contributed by atoms with van der Waals surface area (Å²) in [6.07, 6.45) is -2.61. The summed E-state index contributed by atoms with van der Waals surface area (Å²) < 4.78 is 34.3. The van der Waals surface area contributed by atoms with Crippen LogP contribution in [0.4, 0.5) is 8.78 Å². The SMILES string of the molecule is COc1c(C#N)ccc(OC(O)(F)F)c1C1CC1. The number of hydrogen-bond donors (Lipinski definition) is 1. The molecule has 1 N–H and O–H groups in total. The van der Waals surface area contributed by atoms with E-state index in [1.807, 2.05) is 6.07 Å². The zero-order chi connectivity index (χ0) is 13.3. The molecule has 1 aliphatic rings. The summed E-state index contributed by atoms with van der Waals surface area (Å²) in [7, 11) is 1.36. The highest BCUT2D eigenvalue weighted by Crippen LogP contribution is 2.50. The fraction of sp³-hybridized carbons (Fsp3) is 0.417. The van der Waals surface area contributed by atoms with Gasteiger partial charge in [0.15, 0.2) is 0 Å². The van der Waals surface area contributed by atoms with Crippen molar-refractivity contribution < 1.29 is 23.4 Å². The Bertz CT molecular complexity index is 501. The second-order valence-corrected chi connectivity index (χ2v) is 4.03. The van der Waals surface area contributed by atoms with Crippen molar-refractivity contribution in [1.82, 2.24) is 0 Å². The number of hydrogen-bond acceptors (Lipinski definition) is 4. The Balaban J connectivity index is 2.50. The summed E-state index contributed by atoms with van der Waals surface area (Å²) >= 11 is 0. The van der Waals surface area contributed by atoms with E-state index >= 15 is 0 Å². The number of nitrogens with zero attached hydrogens (tertiary/aromatic N) is 1. The zero-order valence-corrected chi connectivity index (χ0v) is 9.61. The minimum atomic E-state index is -4.25. The first-order valence-corrected chi connectivity index (χ1v) is 5.36. The number of benzene rings is 1. The van der Waals surface area contributed by atoms with Crippen LogP contribution in [0, 0.1) is 11.3 Å². The third kappa shape index (κ3) is 2.51. The Labute approximate surface area is 102 Å². The molecule has 96 valence electrons. The second kappa shape index (κ2) is 4.42. The van der Waals surface area contributed by atoms with E-state index in [-0.39, 0.29) is 23.0 Å². The first-order chi connectivity index (χ1) is 8.46. The molecule has 18 heavy (non-hydrogen) atoms. The first-order valence-electron chi connectivity index (χ1n) is 5.36. The number of nitriles is 1. The molecule has 0 saturated heterocycles. The lowest BCUT2D eigenvalue weighted by Gasteiger charge is -2.17. The summed E-state index contributed by atoms with van der Waals surface area (Å²) in [4.78, 5) is 0. The standard InChI is InChI=1S/C12H11F2NO3/c1-17-11-8(6-15)4-5-9(18-12(13,14)16)10(11)7-2-3-7/h4-5,7,16H,2-3H2,1H3. The molecule has 0 bridgehead atoms. The van der Waals surface area contributed by atoms with Crippen LogP contribution in [0.25, 0.3) is 0 Å². The van der Waals surface area contributed by atoms with Crippen molar-refractivity contribution in [2.75, 3.05) is 7.11 Å². The predicted octanol–water partition coefficient (Wildman–Crippen LogP) is 2.37. The maximum absolute atomic E-state index is 12.5. The molecule has 0 aromatic heterocycles. The summed E-state index contributed by atoms with van der Waals surface area (Å²) in [6, 6.07) is 4.50. The van der Waals surface area contributed by atoms with Crippen LogP contribution in [0.5, 0.6) is 11.5 Å². The number of ether oxygens (including phenoxy) is 2. The van der Waals surface area contributed by atoms with Gasteiger partial charge in [0.25, 0.3) is 0 Å². The molecule has 0 radical (unpaired) electrons. The van der Waals surface area contributed by atoms with Gasteiger partial charge in [-0.3, -0.25) is 0 Å². The Morgan fingerprint density at radius 2 is 2.11 bits per heavy atom. The van der Waals surface area contributed by atoms with Crippen LogP contribution in [0.1, 0.15) is 29.9 Å². The van der Waals surface area contributed by atoms with E-state index in [1.165, 1.54) is 19.2 Å².